The molecule has 2 amide bonds. The summed E-state index contributed by atoms with van der Waals surface area (Å²) in [5, 5.41) is 5.73. The minimum absolute atomic E-state index is 0. The molecule has 1 saturated heterocycles. The van der Waals surface area contributed by atoms with Crippen molar-refractivity contribution >= 4 is 24.2 Å². The Morgan fingerprint density at radius 3 is 2.71 bits per heavy atom. The van der Waals surface area contributed by atoms with Gasteiger partial charge in [0.15, 0.2) is 0 Å². The van der Waals surface area contributed by atoms with E-state index in [1.54, 1.807) is 11.9 Å². The molecule has 0 saturated carbocycles. The summed E-state index contributed by atoms with van der Waals surface area (Å²) in [5.41, 5.74) is 1.11. The molecule has 0 aromatic heterocycles. The highest BCUT2D eigenvalue weighted by Gasteiger charge is 2.32. The first-order valence-corrected chi connectivity index (χ1v) is 6.97. The zero-order valence-corrected chi connectivity index (χ0v) is 13.0. The topological polar surface area (TPSA) is 61.4 Å². The average molecular weight is 312 g/mol. The van der Waals surface area contributed by atoms with Gasteiger partial charge in [-0.2, -0.15) is 0 Å². The smallest absolute Gasteiger partial charge is 0.245 e. The van der Waals surface area contributed by atoms with Gasteiger partial charge in [-0.3, -0.25) is 9.59 Å². The van der Waals surface area contributed by atoms with Gasteiger partial charge >= 0.3 is 0 Å². The highest BCUT2D eigenvalue weighted by atomic mass is 35.5. The lowest BCUT2D eigenvalue weighted by molar-refractivity contribution is -0.133. The van der Waals surface area contributed by atoms with Gasteiger partial charge in [-0.15, -0.1) is 12.4 Å². The monoisotopic (exact) mass is 311 g/mol. The first kappa shape index (κ1) is 17.5. The van der Waals surface area contributed by atoms with E-state index >= 15 is 0 Å². The van der Waals surface area contributed by atoms with Gasteiger partial charge in [-0.25, -0.2) is 0 Å². The third kappa shape index (κ3) is 5.02. The quantitative estimate of drug-likeness (QED) is 0.822. The highest BCUT2D eigenvalue weighted by molar-refractivity contribution is 5.89. The number of hydrogen-bond donors (Lipinski definition) is 2. The van der Waals surface area contributed by atoms with E-state index in [4.69, 9.17) is 0 Å². The van der Waals surface area contributed by atoms with Crippen LogP contribution in [0.4, 0.5) is 0 Å². The molecule has 0 aliphatic carbocycles. The second kappa shape index (κ2) is 8.64. The van der Waals surface area contributed by atoms with Crippen LogP contribution in [0, 0.1) is 0 Å². The number of nitrogens with zero attached hydrogens (tertiary/aromatic N) is 1. The van der Waals surface area contributed by atoms with Gasteiger partial charge in [-0.1, -0.05) is 30.3 Å². The molecular formula is C15H22ClN3O2. The number of benzene rings is 1. The Labute approximate surface area is 131 Å². The van der Waals surface area contributed by atoms with Gasteiger partial charge in [0, 0.05) is 26.1 Å². The number of carbonyl (C=O) groups is 2. The van der Waals surface area contributed by atoms with E-state index in [0.717, 1.165) is 5.56 Å². The molecule has 1 aliphatic rings. The molecule has 2 rings (SSSR count). The number of amides is 2. The predicted octanol–water partition coefficient (Wildman–Crippen LogP) is 0.935. The number of halogens is 1. The molecule has 1 atom stereocenters. The lowest BCUT2D eigenvalue weighted by Gasteiger charge is -2.17. The van der Waals surface area contributed by atoms with Crippen molar-refractivity contribution in [2.24, 2.45) is 0 Å². The minimum Gasteiger partial charge on any atom is -0.344 e. The summed E-state index contributed by atoms with van der Waals surface area (Å²) in [5.74, 6) is -0.0501. The van der Waals surface area contributed by atoms with Crippen LogP contribution in [0.3, 0.4) is 0 Å². The third-order valence-electron chi connectivity index (χ3n) is 3.45. The van der Waals surface area contributed by atoms with Crippen LogP contribution in [0.2, 0.25) is 0 Å². The van der Waals surface area contributed by atoms with Gasteiger partial charge in [0.2, 0.25) is 11.8 Å². The summed E-state index contributed by atoms with van der Waals surface area (Å²) < 4.78 is 0. The van der Waals surface area contributed by atoms with Crippen molar-refractivity contribution in [3.63, 3.8) is 0 Å². The zero-order valence-electron chi connectivity index (χ0n) is 12.2. The van der Waals surface area contributed by atoms with E-state index in [-0.39, 0.29) is 30.3 Å². The summed E-state index contributed by atoms with van der Waals surface area (Å²) in [6, 6.07) is 9.54. The van der Waals surface area contributed by atoms with Gasteiger partial charge < -0.3 is 15.5 Å². The van der Waals surface area contributed by atoms with Crippen LogP contribution < -0.4 is 10.6 Å². The SMILES string of the molecule is CNCCC(=O)NC1CCN(Cc2ccccc2)C1=O.Cl. The molecule has 21 heavy (non-hydrogen) atoms. The van der Waals surface area contributed by atoms with Crippen molar-refractivity contribution in [3.8, 4) is 0 Å². The number of rotatable bonds is 6. The summed E-state index contributed by atoms with van der Waals surface area (Å²) >= 11 is 0. The van der Waals surface area contributed by atoms with Crippen LogP contribution in [0.1, 0.15) is 18.4 Å². The van der Waals surface area contributed by atoms with Crippen molar-refractivity contribution in [1.82, 2.24) is 15.5 Å². The van der Waals surface area contributed by atoms with Crippen LogP contribution in [0.15, 0.2) is 30.3 Å². The molecule has 1 fully saturated rings. The van der Waals surface area contributed by atoms with Crippen LogP contribution in [-0.2, 0) is 16.1 Å². The summed E-state index contributed by atoms with van der Waals surface area (Å²) in [6.45, 7) is 1.94. The lowest BCUT2D eigenvalue weighted by atomic mass is 10.2. The number of hydrogen-bond acceptors (Lipinski definition) is 3. The van der Waals surface area contributed by atoms with Gasteiger partial charge in [-0.05, 0) is 19.0 Å². The minimum atomic E-state index is -0.358. The Morgan fingerprint density at radius 2 is 2.05 bits per heavy atom. The van der Waals surface area contributed by atoms with E-state index in [1.807, 2.05) is 30.3 Å². The number of carbonyl (C=O) groups excluding carboxylic acids is 2. The summed E-state index contributed by atoms with van der Waals surface area (Å²) in [7, 11) is 1.80. The molecule has 116 valence electrons. The molecular weight excluding hydrogens is 290 g/mol. The fourth-order valence-corrected chi connectivity index (χ4v) is 2.34. The Hall–Kier alpha value is -1.59. The molecule has 1 unspecified atom stereocenters. The molecule has 0 spiro atoms. The average Bonchev–Trinajstić information content (AvgIpc) is 2.79. The van der Waals surface area contributed by atoms with Crippen LogP contribution >= 0.6 is 12.4 Å². The van der Waals surface area contributed by atoms with Crippen molar-refractivity contribution < 1.29 is 9.59 Å². The largest absolute Gasteiger partial charge is 0.344 e. The molecule has 2 N–H and O–H groups in total. The lowest BCUT2D eigenvalue weighted by Crippen LogP contribution is -2.41. The highest BCUT2D eigenvalue weighted by Crippen LogP contribution is 2.15. The third-order valence-corrected chi connectivity index (χ3v) is 3.45. The molecule has 1 aromatic carbocycles. The second-order valence-corrected chi connectivity index (χ2v) is 5.01. The summed E-state index contributed by atoms with van der Waals surface area (Å²) in [6.07, 6.45) is 1.09. The van der Waals surface area contributed by atoms with Crippen LogP contribution in [0.5, 0.6) is 0 Å². The van der Waals surface area contributed by atoms with Crippen LogP contribution in [0.25, 0.3) is 0 Å². The van der Waals surface area contributed by atoms with Crippen molar-refractivity contribution in [3.05, 3.63) is 35.9 Å². The second-order valence-electron chi connectivity index (χ2n) is 5.01. The predicted molar refractivity (Wildman–Crippen MR) is 84.2 cm³/mol. The van der Waals surface area contributed by atoms with Crippen molar-refractivity contribution in [2.75, 3.05) is 20.1 Å². The standard InChI is InChI=1S/C15H21N3O2.ClH/c1-16-9-7-14(19)17-13-8-10-18(15(13)20)11-12-5-3-2-4-6-12;/h2-6,13,16H,7-11H2,1H3,(H,17,19);1H. The van der Waals surface area contributed by atoms with E-state index < -0.39 is 0 Å². The number of likely N-dealkylation sites (tertiary alicyclic amines) is 1. The maximum atomic E-state index is 12.2. The van der Waals surface area contributed by atoms with E-state index in [1.165, 1.54) is 0 Å². The van der Waals surface area contributed by atoms with Gasteiger partial charge in [0.25, 0.3) is 0 Å². The molecule has 0 radical (unpaired) electrons. The van der Waals surface area contributed by atoms with Crippen molar-refractivity contribution in [1.29, 1.82) is 0 Å². The molecule has 1 heterocycles. The van der Waals surface area contributed by atoms with Crippen molar-refractivity contribution in [2.45, 2.75) is 25.4 Å². The fourth-order valence-electron chi connectivity index (χ4n) is 2.34. The Bertz CT molecular complexity index is 467. The first-order chi connectivity index (χ1) is 9.70. The molecule has 1 aromatic rings. The Balaban J connectivity index is 0.00000220. The summed E-state index contributed by atoms with van der Waals surface area (Å²) in [4.78, 5) is 25.7. The Morgan fingerprint density at radius 1 is 1.33 bits per heavy atom. The first-order valence-electron chi connectivity index (χ1n) is 6.97. The fraction of sp³-hybridized carbons (Fsp3) is 0.467. The van der Waals surface area contributed by atoms with E-state index in [9.17, 15) is 9.59 Å². The Kier molecular flexibility index (Phi) is 7.19. The van der Waals surface area contributed by atoms with E-state index in [2.05, 4.69) is 10.6 Å². The molecule has 5 nitrogen and oxygen atoms in total. The van der Waals surface area contributed by atoms with E-state index in [0.29, 0.717) is 32.5 Å². The normalized spacial score (nSPS) is 17.5. The molecule has 1 aliphatic heterocycles. The maximum Gasteiger partial charge on any atom is 0.245 e. The van der Waals surface area contributed by atoms with Gasteiger partial charge in [0.1, 0.15) is 6.04 Å². The van der Waals surface area contributed by atoms with Crippen LogP contribution in [-0.4, -0.2) is 42.9 Å². The van der Waals surface area contributed by atoms with Gasteiger partial charge in [0.05, 0.1) is 0 Å². The number of nitrogens with one attached hydrogen (secondary N) is 2. The zero-order chi connectivity index (χ0) is 14.4. The molecule has 6 heteroatoms. The maximum absolute atomic E-state index is 12.2. The molecule has 0 bridgehead atoms.